The fraction of sp³-hybridized carbons (Fsp3) is 0.381. The van der Waals surface area contributed by atoms with Crippen molar-refractivity contribution in [2.24, 2.45) is 0 Å². The molecule has 1 amide bonds. The first kappa shape index (κ1) is 18.7. The van der Waals surface area contributed by atoms with Gasteiger partial charge in [0.25, 0.3) is 5.56 Å². The Morgan fingerprint density at radius 2 is 1.86 bits per heavy atom. The molecule has 3 heterocycles. The van der Waals surface area contributed by atoms with Gasteiger partial charge in [0.05, 0.1) is 12.1 Å². The molecule has 0 N–H and O–H groups in total. The summed E-state index contributed by atoms with van der Waals surface area (Å²) in [4.78, 5) is 40.5. The van der Waals surface area contributed by atoms with Crippen LogP contribution < -0.4 is 11.2 Å². The second-order valence-corrected chi connectivity index (χ2v) is 8.24. The molecule has 6 nitrogen and oxygen atoms in total. The number of benzene rings is 1. The second-order valence-electron chi connectivity index (χ2n) is 7.33. The van der Waals surface area contributed by atoms with Gasteiger partial charge in [-0.25, -0.2) is 9.36 Å². The molecule has 1 aromatic carbocycles. The van der Waals surface area contributed by atoms with Crippen LogP contribution in [0.15, 0.2) is 45.3 Å². The van der Waals surface area contributed by atoms with Crippen LogP contribution in [0, 0.1) is 6.92 Å². The first-order valence-electron chi connectivity index (χ1n) is 9.59. The Balaban J connectivity index is 1.75. The molecule has 2 aromatic heterocycles. The van der Waals surface area contributed by atoms with Crippen LogP contribution in [0.3, 0.4) is 0 Å². The monoisotopic (exact) mass is 397 g/mol. The Morgan fingerprint density at radius 1 is 1.07 bits per heavy atom. The van der Waals surface area contributed by atoms with Gasteiger partial charge in [-0.3, -0.25) is 14.2 Å². The van der Waals surface area contributed by atoms with E-state index in [0.29, 0.717) is 29.9 Å². The number of aryl methyl sites for hydroxylation is 1. The Bertz CT molecular complexity index is 1140. The number of fused-ring (bicyclic) bond motifs is 1. The molecule has 1 fully saturated rings. The van der Waals surface area contributed by atoms with Gasteiger partial charge >= 0.3 is 5.69 Å². The van der Waals surface area contributed by atoms with Gasteiger partial charge in [0.15, 0.2) is 0 Å². The zero-order valence-corrected chi connectivity index (χ0v) is 16.7. The fourth-order valence-electron chi connectivity index (χ4n) is 3.80. The number of likely N-dealkylation sites (tertiary alicyclic amines) is 1. The van der Waals surface area contributed by atoms with Crippen LogP contribution in [0.4, 0.5) is 0 Å². The summed E-state index contributed by atoms with van der Waals surface area (Å²) in [6.45, 7) is 3.58. The Morgan fingerprint density at radius 3 is 2.61 bits per heavy atom. The standard InChI is InChI=1S/C21H23N3O3S/c1-15-6-5-7-16(12-15)13-23-17-8-11-28-19(17)20(26)24(21(23)27)14-18(25)22-9-3-2-4-10-22/h5-8,11-12H,2-4,9-10,13-14H2,1H3. The minimum absolute atomic E-state index is 0.156. The minimum Gasteiger partial charge on any atom is -0.341 e. The molecule has 0 unspecified atom stereocenters. The number of aromatic nitrogens is 2. The van der Waals surface area contributed by atoms with Gasteiger partial charge in [-0.2, -0.15) is 0 Å². The lowest BCUT2D eigenvalue weighted by molar-refractivity contribution is -0.132. The molecule has 3 aromatic rings. The molecular formula is C21H23N3O3S. The summed E-state index contributed by atoms with van der Waals surface area (Å²) in [5.74, 6) is -0.156. The Kier molecular flexibility index (Phi) is 5.17. The first-order valence-corrected chi connectivity index (χ1v) is 10.5. The van der Waals surface area contributed by atoms with Crippen molar-refractivity contribution in [2.45, 2.75) is 39.3 Å². The topological polar surface area (TPSA) is 64.3 Å². The summed E-state index contributed by atoms with van der Waals surface area (Å²) in [6, 6.07) is 9.75. The summed E-state index contributed by atoms with van der Waals surface area (Å²) < 4.78 is 3.22. The third-order valence-electron chi connectivity index (χ3n) is 5.26. The molecule has 7 heteroatoms. The van der Waals surface area contributed by atoms with Crippen LogP contribution in [0.1, 0.15) is 30.4 Å². The molecule has 0 spiro atoms. The van der Waals surface area contributed by atoms with E-state index in [0.717, 1.165) is 35.0 Å². The molecule has 28 heavy (non-hydrogen) atoms. The third kappa shape index (κ3) is 3.54. The van der Waals surface area contributed by atoms with E-state index >= 15 is 0 Å². The summed E-state index contributed by atoms with van der Waals surface area (Å²) in [7, 11) is 0. The third-order valence-corrected chi connectivity index (χ3v) is 6.15. The van der Waals surface area contributed by atoms with E-state index in [2.05, 4.69) is 0 Å². The van der Waals surface area contributed by atoms with E-state index in [1.54, 1.807) is 15.5 Å². The molecule has 0 saturated carbocycles. The van der Waals surface area contributed by atoms with E-state index in [-0.39, 0.29) is 18.0 Å². The number of nitrogens with zero attached hydrogens (tertiary/aromatic N) is 3. The van der Waals surface area contributed by atoms with Crippen LogP contribution in [0.2, 0.25) is 0 Å². The van der Waals surface area contributed by atoms with Gasteiger partial charge in [-0.15, -0.1) is 11.3 Å². The lowest BCUT2D eigenvalue weighted by atomic mass is 10.1. The number of hydrogen-bond acceptors (Lipinski definition) is 4. The lowest BCUT2D eigenvalue weighted by Crippen LogP contribution is -2.45. The molecule has 1 aliphatic heterocycles. The van der Waals surface area contributed by atoms with E-state index < -0.39 is 5.69 Å². The highest BCUT2D eigenvalue weighted by Gasteiger charge is 2.21. The molecule has 0 atom stereocenters. The van der Waals surface area contributed by atoms with Crippen molar-refractivity contribution >= 4 is 27.5 Å². The first-order chi connectivity index (χ1) is 13.5. The Hall–Kier alpha value is -2.67. The summed E-state index contributed by atoms with van der Waals surface area (Å²) >= 11 is 1.31. The maximum absolute atomic E-state index is 13.2. The highest BCUT2D eigenvalue weighted by Crippen LogP contribution is 2.17. The normalized spacial score (nSPS) is 14.5. The van der Waals surface area contributed by atoms with Crippen molar-refractivity contribution in [1.29, 1.82) is 0 Å². The minimum atomic E-state index is -0.428. The zero-order chi connectivity index (χ0) is 19.7. The maximum Gasteiger partial charge on any atom is 0.332 e. The van der Waals surface area contributed by atoms with Crippen LogP contribution in [-0.4, -0.2) is 33.0 Å². The van der Waals surface area contributed by atoms with Gasteiger partial charge in [0.1, 0.15) is 11.2 Å². The van der Waals surface area contributed by atoms with Gasteiger partial charge in [-0.05, 0) is 43.2 Å². The van der Waals surface area contributed by atoms with Crippen molar-refractivity contribution in [3.63, 3.8) is 0 Å². The van der Waals surface area contributed by atoms with Crippen LogP contribution in [-0.2, 0) is 17.9 Å². The summed E-state index contributed by atoms with van der Waals surface area (Å²) in [6.07, 6.45) is 3.07. The smallest absolute Gasteiger partial charge is 0.332 e. The van der Waals surface area contributed by atoms with Crippen molar-refractivity contribution in [1.82, 2.24) is 14.0 Å². The molecular weight excluding hydrogens is 374 g/mol. The van der Waals surface area contributed by atoms with Gasteiger partial charge in [-0.1, -0.05) is 29.8 Å². The molecule has 1 aliphatic rings. The molecule has 0 aliphatic carbocycles. The van der Waals surface area contributed by atoms with Crippen molar-refractivity contribution in [3.8, 4) is 0 Å². The van der Waals surface area contributed by atoms with E-state index in [1.165, 1.54) is 11.3 Å². The summed E-state index contributed by atoms with van der Waals surface area (Å²) in [5.41, 5.74) is 1.93. The number of thiophene rings is 1. The second kappa shape index (κ2) is 7.75. The quantitative estimate of drug-likeness (QED) is 0.680. The predicted molar refractivity (Wildman–Crippen MR) is 111 cm³/mol. The number of piperidine rings is 1. The number of amides is 1. The average molecular weight is 398 g/mol. The molecule has 1 saturated heterocycles. The lowest BCUT2D eigenvalue weighted by Gasteiger charge is -2.26. The van der Waals surface area contributed by atoms with Crippen molar-refractivity contribution in [2.75, 3.05) is 13.1 Å². The highest BCUT2D eigenvalue weighted by atomic mass is 32.1. The van der Waals surface area contributed by atoms with E-state index in [1.807, 2.05) is 36.6 Å². The van der Waals surface area contributed by atoms with Gasteiger partial charge < -0.3 is 4.90 Å². The SMILES string of the molecule is Cc1cccc(Cn2c(=O)n(CC(=O)N3CCCCC3)c(=O)c3sccc32)c1. The highest BCUT2D eigenvalue weighted by molar-refractivity contribution is 7.17. The van der Waals surface area contributed by atoms with Crippen LogP contribution in [0.25, 0.3) is 10.2 Å². The molecule has 4 rings (SSSR count). The van der Waals surface area contributed by atoms with Crippen LogP contribution in [0.5, 0.6) is 0 Å². The number of carbonyl (C=O) groups is 1. The number of carbonyl (C=O) groups excluding carboxylic acids is 1. The fourth-order valence-corrected chi connectivity index (χ4v) is 4.64. The number of hydrogen-bond donors (Lipinski definition) is 0. The largest absolute Gasteiger partial charge is 0.341 e. The number of rotatable bonds is 4. The van der Waals surface area contributed by atoms with E-state index in [4.69, 9.17) is 0 Å². The van der Waals surface area contributed by atoms with Crippen LogP contribution >= 0.6 is 11.3 Å². The van der Waals surface area contributed by atoms with Gasteiger partial charge in [0, 0.05) is 13.1 Å². The van der Waals surface area contributed by atoms with Gasteiger partial charge in [0.2, 0.25) is 5.91 Å². The van der Waals surface area contributed by atoms with Crippen molar-refractivity contribution in [3.05, 3.63) is 67.7 Å². The molecule has 146 valence electrons. The zero-order valence-electron chi connectivity index (χ0n) is 15.9. The van der Waals surface area contributed by atoms with Crippen molar-refractivity contribution < 1.29 is 4.79 Å². The van der Waals surface area contributed by atoms with E-state index in [9.17, 15) is 14.4 Å². The predicted octanol–water partition coefficient (Wildman–Crippen LogP) is 2.59. The molecule has 0 bridgehead atoms. The summed E-state index contributed by atoms with van der Waals surface area (Å²) in [5, 5.41) is 1.81. The maximum atomic E-state index is 13.2. The average Bonchev–Trinajstić information content (AvgIpc) is 3.19. The molecule has 0 radical (unpaired) electrons. The Labute approximate surface area is 166 Å².